The molecule has 5 rings (SSSR count). The van der Waals surface area contributed by atoms with E-state index >= 15 is 0 Å². The van der Waals surface area contributed by atoms with Crippen LogP contribution in [0.2, 0.25) is 5.02 Å². The van der Waals surface area contributed by atoms with Gasteiger partial charge in [0.05, 0.1) is 40.8 Å². The monoisotopic (exact) mass is 460 g/mol. The highest BCUT2D eigenvalue weighted by molar-refractivity contribution is 6.33. The lowest BCUT2D eigenvalue weighted by Crippen LogP contribution is -2.38. The zero-order valence-corrected chi connectivity index (χ0v) is 18.4. The lowest BCUT2D eigenvalue weighted by molar-refractivity contribution is -0.127. The van der Waals surface area contributed by atoms with E-state index in [0.717, 1.165) is 11.0 Å². The molecule has 2 amide bonds. The van der Waals surface area contributed by atoms with Crippen molar-refractivity contribution in [1.82, 2.24) is 24.0 Å². The van der Waals surface area contributed by atoms with Gasteiger partial charge in [-0.05, 0) is 24.3 Å². The van der Waals surface area contributed by atoms with Gasteiger partial charge < -0.3 is 19.4 Å². The molecule has 2 aromatic carbocycles. The quantitative estimate of drug-likeness (QED) is 0.460. The number of anilines is 1. The Morgan fingerprint density at radius 3 is 2.76 bits per heavy atom. The molecule has 166 valence electrons. The molecule has 0 bridgehead atoms. The number of imidazole rings is 2. The number of rotatable bonds is 5. The van der Waals surface area contributed by atoms with Crippen molar-refractivity contribution in [2.45, 2.75) is 19.6 Å². The summed E-state index contributed by atoms with van der Waals surface area (Å²) in [5, 5.41) is 3.29. The summed E-state index contributed by atoms with van der Waals surface area (Å²) in [5.41, 5.74) is 2.94. The van der Waals surface area contributed by atoms with E-state index in [4.69, 9.17) is 11.6 Å². The number of carbonyl (C=O) groups is 2. The lowest BCUT2D eigenvalue weighted by Gasteiger charge is -2.27. The maximum absolute atomic E-state index is 12.7. The van der Waals surface area contributed by atoms with Gasteiger partial charge >= 0.3 is 0 Å². The third-order valence-corrected chi connectivity index (χ3v) is 5.95. The SMILES string of the molecule is O=C(Nc1ccccc1Cl)c1cnc2n1CCN(C(=O)/C=C/Cn1cnc3ccccc31)C2. The molecule has 0 radical (unpaired) electrons. The van der Waals surface area contributed by atoms with Crippen LogP contribution in [0.4, 0.5) is 5.69 Å². The number of nitrogens with one attached hydrogen (secondary N) is 1. The molecular weight excluding hydrogens is 440 g/mol. The number of fused-ring (bicyclic) bond motifs is 2. The van der Waals surface area contributed by atoms with Crippen LogP contribution in [0.3, 0.4) is 0 Å². The summed E-state index contributed by atoms with van der Waals surface area (Å²) in [7, 11) is 0. The second kappa shape index (κ2) is 8.91. The lowest BCUT2D eigenvalue weighted by atomic mass is 10.3. The van der Waals surface area contributed by atoms with Gasteiger partial charge in [0, 0.05) is 25.7 Å². The largest absolute Gasteiger partial charge is 0.330 e. The predicted octanol–water partition coefficient (Wildman–Crippen LogP) is 3.74. The Morgan fingerprint density at radius 1 is 1.06 bits per heavy atom. The minimum Gasteiger partial charge on any atom is -0.330 e. The molecule has 0 saturated carbocycles. The van der Waals surface area contributed by atoms with Crippen LogP contribution in [0.25, 0.3) is 11.0 Å². The molecule has 33 heavy (non-hydrogen) atoms. The van der Waals surface area contributed by atoms with Crippen LogP contribution in [0.1, 0.15) is 16.3 Å². The highest BCUT2D eigenvalue weighted by Gasteiger charge is 2.25. The first-order valence-electron chi connectivity index (χ1n) is 10.6. The maximum atomic E-state index is 12.7. The number of benzene rings is 2. The summed E-state index contributed by atoms with van der Waals surface area (Å²) in [5.74, 6) is 0.303. The van der Waals surface area contributed by atoms with Crippen molar-refractivity contribution in [3.63, 3.8) is 0 Å². The van der Waals surface area contributed by atoms with Crippen LogP contribution < -0.4 is 5.32 Å². The van der Waals surface area contributed by atoms with Gasteiger partial charge in [0.2, 0.25) is 5.91 Å². The molecule has 0 saturated heterocycles. The number of allylic oxidation sites excluding steroid dienone is 1. The second-order valence-corrected chi connectivity index (χ2v) is 8.10. The van der Waals surface area contributed by atoms with E-state index < -0.39 is 0 Å². The normalized spacial score (nSPS) is 13.4. The van der Waals surface area contributed by atoms with E-state index in [9.17, 15) is 9.59 Å². The van der Waals surface area contributed by atoms with Crippen molar-refractivity contribution in [3.05, 3.63) is 89.7 Å². The zero-order valence-electron chi connectivity index (χ0n) is 17.7. The van der Waals surface area contributed by atoms with Crippen LogP contribution in [-0.2, 0) is 24.4 Å². The number of aromatic nitrogens is 4. The minimum absolute atomic E-state index is 0.0873. The minimum atomic E-state index is -0.283. The molecule has 1 N–H and O–H groups in total. The van der Waals surface area contributed by atoms with Crippen LogP contribution in [0.15, 0.2) is 73.2 Å². The smallest absolute Gasteiger partial charge is 0.273 e. The summed E-state index contributed by atoms with van der Waals surface area (Å²) < 4.78 is 3.84. The van der Waals surface area contributed by atoms with Gasteiger partial charge in [-0.1, -0.05) is 41.9 Å². The molecule has 0 fully saturated rings. The van der Waals surface area contributed by atoms with E-state index in [1.165, 1.54) is 6.20 Å². The predicted molar refractivity (Wildman–Crippen MR) is 126 cm³/mol. The Kier molecular flexibility index (Phi) is 5.66. The molecule has 0 atom stereocenters. The molecule has 4 aromatic rings. The van der Waals surface area contributed by atoms with Crippen LogP contribution in [0.5, 0.6) is 0 Å². The standard InChI is InChI=1S/C24H21ClN6O2/c25-17-6-1-2-7-18(17)28-24(33)21-14-26-22-15-29(12-13-31(21)22)23(32)10-5-11-30-16-27-19-8-3-4-9-20(19)30/h1-10,14,16H,11-13,15H2,(H,28,33)/b10-5+. The third kappa shape index (κ3) is 4.25. The number of halogens is 1. The Morgan fingerprint density at radius 2 is 1.88 bits per heavy atom. The topological polar surface area (TPSA) is 85.0 Å². The fourth-order valence-corrected chi connectivity index (χ4v) is 4.09. The fourth-order valence-electron chi connectivity index (χ4n) is 3.91. The van der Waals surface area contributed by atoms with Gasteiger partial charge in [-0.3, -0.25) is 9.59 Å². The van der Waals surface area contributed by atoms with Gasteiger partial charge in [-0.15, -0.1) is 0 Å². The van der Waals surface area contributed by atoms with Gasteiger partial charge in [-0.25, -0.2) is 9.97 Å². The summed E-state index contributed by atoms with van der Waals surface area (Å²) in [4.78, 5) is 35.9. The van der Waals surface area contributed by atoms with Crippen LogP contribution in [-0.4, -0.2) is 42.4 Å². The first-order chi connectivity index (χ1) is 16.1. The number of hydrogen-bond donors (Lipinski definition) is 1. The molecule has 0 spiro atoms. The van der Waals surface area contributed by atoms with E-state index in [1.54, 1.807) is 41.6 Å². The Hall–Kier alpha value is -3.91. The van der Waals surface area contributed by atoms with Crippen molar-refractivity contribution in [2.24, 2.45) is 0 Å². The first kappa shape index (κ1) is 21.0. The molecule has 1 aliphatic rings. The molecule has 3 heterocycles. The number of hydrogen-bond acceptors (Lipinski definition) is 4. The van der Waals surface area contributed by atoms with Crippen molar-refractivity contribution in [1.29, 1.82) is 0 Å². The highest BCUT2D eigenvalue weighted by Crippen LogP contribution is 2.22. The molecular formula is C24H21ClN6O2. The van der Waals surface area contributed by atoms with Crippen LogP contribution >= 0.6 is 11.6 Å². The van der Waals surface area contributed by atoms with E-state index in [-0.39, 0.29) is 11.8 Å². The molecule has 9 heteroatoms. The van der Waals surface area contributed by atoms with Crippen molar-refractivity contribution in [2.75, 3.05) is 11.9 Å². The zero-order chi connectivity index (χ0) is 22.8. The summed E-state index contributed by atoms with van der Waals surface area (Å²) in [6.45, 7) is 1.89. The van der Waals surface area contributed by atoms with Gasteiger partial charge in [0.1, 0.15) is 11.5 Å². The van der Waals surface area contributed by atoms with Crippen molar-refractivity contribution >= 4 is 40.1 Å². The summed E-state index contributed by atoms with van der Waals surface area (Å²) in [6.07, 6.45) is 6.72. The van der Waals surface area contributed by atoms with Gasteiger partial charge in [0.25, 0.3) is 5.91 Å². The van der Waals surface area contributed by atoms with Crippen molar-refractivity contribution < 1.29 is 9.59 Å². The Balaban J connectivity index is 1.23. The highest BCUT2D eigenvalue weighted by atomic mass is 35.5. The number of carbonyl (C=O) groups excluding carboxylic acids is 2. The van der Waals surface area contributed by atoms with Gasteiger partial charge in [-0.2, -0.15) is 0 Å². The molecule has 1 aliphatic heterocycles. The van der Waals surface area contributed by atoms with E-state index in [1.807, 2.05) is 39.5 Å². The Labute approximate surface area is 195 Å². The molecule has 2 aromatic heterocycles. The third-order valence-electron chi connectivity index (χ3n) is 5.62. The van der Waals surface area contributed by atoms with Crippen LogP contribution in [0, 0.1) is 0 Å². The Bertz CT molecular complexity index is 1370. The maximum Gasteiger partial charge on any atom is 0.273 e. The summed E-state index contributed by atoms with van der Waals surface area (Å²) >= 11 is 6.14. The molecule has 8 nitrogen and oxygen atoms in total. The number of amides is 2. The van der Waals surface area contributed by atoms with E-state index in [0.29, 0.717) is 48.4 Å². The van der Waals surface area contributed by atoms with Crippen molar-refractivity contribution in [3.8, 4) is 0 Å². The average molecular weight is 461 g/mol. The van der Waals surface area contributed by atoms with E-state index in [2.05, 4.69) is 15.3 Å². The number of para-hydroxylation sites is 3. The summed E-state index contributed by atoms with van der Waals surface area (Å²) in [6, 6.07) is 14.9. The fraction of sp³-hybridized carbons (Fsp3) is 0.167. The second-order valence-electron chi connectivity index (χ2n) is 7.69. The average Bonchev–Trinajstić information content (AvgIpc) is 3.44. The van der Waals surface area contributed by atoms with Gasteiger partial charge in [0.15, 0.2) is 0 Å². The number of nitrogens with zero attached hydrogens (tertiary/aromatic N) is 5. The molecule has 0 unspecified atom stereocenters. The molecule has 0 aliphatic carbocycles. The first-order valence-corrected chi connectivity index (χ1v) is 10.9.